The minimum absolute atomic E-state index is 0. The van der Waals surface area contributed by atoms with Crippen LogP contribution >= 0.6 is 24.8 Å². The van der Waals surface area contributed by atoms with Gasteiger partial charge in [-0.05, 0) is 49.8 Å². The summed E-state index contributed by atoms with van der Waals surface area (Å²) >= 11 is 0. The molecule has 0 aliphatic heterocycles. The molecular weight excluding hydrogens is 413 g/mol. The third kappa shape index (κ3) is 9.26. The molecule has 0 unspecified atom stereocenters. The smallest absolute Gasteiger partial charge is 0.220 e. The van der Waals surface area contributed by atoms with Crippen molar-refractivity contribution in [1.82, 2.24) is 10.2 Å². The summed E-state index contributed by atoms with van der Waals surface area (Å²) in [4.78, 5) is 14.2. The van der Waals surface area contributed by atoms with E-state index in [1.165, 1.54) is 0 Å². The van der Waals surface area contributed by atoms with E-state index in [0.717, 1.165) is 23.4 Å². The van der Waals surface area contributed by atoms with Crippen molar-refractivity contribution in [3.8, 4) is 11.5 Å². The number of nitrogen functional groups attached to an aromatic ring is 1. The molecule has 29 heavy (non-hydrogen) atoms. The van der Waals surface area contributed by atoms with Crippen molar-refractivity contribution in [3.63, 3.8) is 0 Å². The molecule has 162 valence electrons. The third-order valence-corrected chi connectivity index (χ3v) is 4.19. The van der Waals surface area contributed by atoms with E-state index in [-0.39, 0.29) is 30.7 Å². The van der Waals surface area contributed by atoms with Crippen LogP contribution in [0.4, 0.5) is 5.69 Å². The Balaban J connectivity index is 0.00000392. The van der Waals surface area contributed by atoms with E-state index in [9.17, 15) is 4.79 Å². The largest absolute Gasteiger partial charge is 0.493 e. The molecule has 2 aromatic rings. The Morgan fingerprint density at radius 3 is 2.48 bits per heavy atom. The fraction of sp³-hybridized carbons (Fsp3) is 0.381. The molecule has 3 N–H and O–H groups in total. The van der Waals surface area contributed by atoms with Crippen molar-refractivity contribution < 1.29 is 14.3 Å². The van der Waals surface area contributed by atoms with Gasteiger partial charge in [0.2, 0.25) is 5.91 Å². The molecule has 0 aliphatic rings. The average molecular weight is 444 g/mol. The first-order valence-corrected chi connectivity index (χ1v) is 9.04. The van der Waals surface area contributed by atoms with Crippen molar-refractivity contribution in [2.75, 3.05) is 40.1 Å². The Bertz CT molecular complexity index is 758. The number of carbonyl (C=O) groups excluding carboxylic acids is 1. The van der Waals surface area contributed by atoms with Gasteiger partial charge in [0.1, 0.15) is 6.61 Å². The summed E-state index contributed by atoms with van der Waals surface area (Å²) in [5.41, 5.74) is 8.58. The number of anilines is 1. The second-order valence-electron chi connectivity index (χ2n) is 6.61. The van der Waals surface area contributed by atoms with Crippen molar-refractivity contribution in [2.45, 2.75) is 19.4 Å². The number of methoxy groups -OCH3 is 1. The van der Waals surface area contributed by atoms with Crippen LogP contribution in [0, 0.1) is 0 Å². The molecule has 0 saturated heterocycles. The van der Waals surface area contributed by atoms with Crippen LogP contribution in [0.2, 0.25) is 0 Å². The highest BCUT2D eigenvalue weighted by molar-refractivity contribution is 5.85. The van der Waals surface area contributed by atoms with Gasteiger partial charge in [0, 0.05) is 25.2 Å². The van der Waals surface area contributed by atoms with E-state index in [1.54, 1.807) is 7.11 Å². The van der Waals surface area contributed by atoms with Crippen LogP contribution in [0.25, 0.3) is 0 Å². The number of halogens is 2. The summed E-state index contributed by atoms with van der Waals surface area (Å²) in [7, 11) is 5.61. The standard InChI is InChI=1S/C21H29N3O3.2ClH/c1-24(2)12-13-27-19-10-8-16(14-20(19)26-3)15-23-21(25)11-9-17-6-4-5-7-18(17)22;;/h4-8,10,14H,9,11-13,15,22H2,1-3H3,(H,23,25);2*1H. The number of aryl methyl sites for hydroxylation is 1. The van der Waals surface area contributed by atoms with Crippen LogP contribution in [0.5, 0.6) is 11.5 Å². The maximum atomic E-state index is 12.1. The number of benzene rings is 2. The van der Waals surface area contributed by atoms with E-state index in [1.807, 2.05) is 56.6 Å². The predicted molar refractivity (Wildman–Crippen MR) is 123 cm³/mol. The monoisotopic (exact) mass is 443 g/mol. The number of rotatable bonds is 10. The molecule has 8 heteroatoms. The SMILES string of the molecule is COc1cc(CNC(=O)CCc2ccccc2N)ccc1OCCN(C)C.Cl.Cl. The van der Waals surface area contributed by atoms with Crippen LogP contribution in [0.15, 0.2) is 42.5 Å². The summed E-state index contributed by atoms with van der Waals surface area (Å²) in [6.07, 6.45) is 1.03. The highest BCUT2D eigenvalue weighted by Gasteiger charge is 2.08. The lowest BCUT2D eigenvalue weighted by atomic mass is 10.1. The number of carbonyl (C=O) groups is 1. The summed E-state index contributed by atoms with van der Waals surface area (Å²) in [5.74, 6) is 1.36. The Labute approximate surface area is 185 Å². The van der Waals surface area contributed by atoms with Crippen LogP contribution in [-0.4, -0.2) is 45.2 Å². The molecule has 2 aromatic carbocycles. The molecule has 1 amide bonds. The maximum absolute atomic E-state index is 12.1. The molecule has 0 aromatic heterocycles. The molecule has 0 saturated carbocycles. The van der Waals surface area contributed by atoms with E-state index < -0.39 is 0 Å². The Hall–Kier alpha value is -2.15. The Morgan fingerprint density at radius 1 is 1.10 bits per heavy atom. The molecular formula is C21H31Cl2N3O3. The number of nitrogens with zero attached hydrogens (tertiary/aromatic N) is 1. The first-order valence-electron chi connectivity index (χ1n) is 9.04. The molecule has 0 radical (unpaired) electrons. The van der Waals surface area contributed by atoms with E-state index in [4.69, 9.17) is 15.2 Å². The first-order chi connectivity index (χ1) is 13.0. The Kier molecular flexibility index (Phi) is 12.9. The van der Waals surface area contributed by atoms with Gasteiger partial charge in [0.15, 0.2) is 11.5 Å². The van der Waals surface area contributed by atoms with Gasteiger partial charge in [-0.15, -0.1) is 24.8 Å². The third-order valence-electron chi connectivity index (χ3n) is 4.19. The van der Waals surface area contributed by atoms with Crippen molar-refractivity contribution in [2.24, 2.45) is 0 Å². The molecule has 0 bridgehead atoms. The fourth-order valence-electron chi connectivity index (χ4n) is 2.58. The zero-order valence-electron chi connectivity index (χ0n) is 17.1. The second kappa shape index (κ2) is 13.9. The maximum Gasteiger partial charge on any atom is 0.220 e. The highest BCUT2D eigenvalue weighted by Crippen LogP contribution is 2.28. The van der Waals surface area contributed by atoms with E-state index in [0.29, 0.717) is 37.5 Å². The van der Waals surface area contributed by atoms with Crippen LogP contribution in [0.3, 0.4) is 0 Å². The first kappa shape index (κ1) is 26.9. The van der Waals surface area contributed by atoms with Gasteiger partial charge < -0.3 is 25.4 Å². The van der Waals surface area contributed by atoms with Crippen molar-refractivity contribution in [1.29, 1.82) is 0 Å². The van der Waals surface area contributed by atoms with Crippen molar-refractivity contribution in [3.05, 3.63) is 53.6 Å². The molecule has 0 fully saturated rings. The molecule has 2 rings (SSSR count). The minimum atomic E-state index is -0.0106. The van der Waals surface area contributed by atoms with Gasteiger partial charge in [-0.1, -0.05) is 24.3 Å². The number of nitrogens with two attached hydrogens (primary N) is 1. The topological polar surface area (TPSA) is 76.8 Å². The molecule has 0 aliphatic carbocycles. The lowest BCUT2D eigenvalue weighted by Crippen LogP contribution is -2.23. The van der Waals surface area contributed by atoms with Crippen LogP contribution < -0.4 is 20.5 Å². The summed E-state index contributed by atoms with van der Waals surface area (Å²) in [6.45, 7) is 1.85. The number of hydrogen-bond donors (Lipinski definition) is 2. The molecule has 0 atom stereocenters. The Morgan fingerprint density at radius 2 is 1.83 bits per heavy atom. The summed E-state index contributed by atoms with van der Waals surface area (Å²) < 4.78 is 11.2. The second-order valence-corrected chi connectivity index (χ2v) is 6.61. The van der Waals surface area contributed by atoms with Gasteiger partial charge in [-0.2, -0.15) is 0 Å². The number of nitrogens with one attached hydrogen (secondary N) is 1. The van der Waals surface area contributed by atoms with Gasteiger partial charge in [-0.3, -0.25) is 4.79 Å². The predicted octanol–water partition coefficient (Wildman–Crippen LogP) is 3.31. The van der Waals surface area contributed by atoms with Crippen molar-refractivity contribution >= 4 is 36.4 Å². The van der Waals surface area contributed by atoms with Gasteiger partial charge in [0.05, 0.1) is 7.11 Å². The van der Waals surface area contributed by atoms with E-state index in [2.05, 4.69) is 10.2 Å². The van der Waals surface area contributed by atoms with Crippen LogP contribution in [-0.2, 0) is 17.8 Å². The molecule has 6 nitrogen and oxygen atoms in total. The number of amides is 1. The zero-order valence-corrected chi connectivity index (χ0v) is 18.8. The van der Waals surface area contributed by atoms with E-state index >= 15 is 0 Å². The fourth-order valence-corrected chi connectivity index (χ4v) is 2.58. The van der Waals surface area contributed by atoms with Gasteiger partial charge in [0.25, 0.3) is 0 Å². The minimum Gasteiger partial charge on any atom is -0.493 e. The molecule has 0 heterocycles. The van der Waals surface area contributed by atoms with Crippen LogP contribution in [0.1, 0.15) is 17.5 Å². The highest BCUT2D eigenvalue weighted by atomic mass is 35.5. The number of likely N-dealkylation sites (N-methyl/N-ethyl adjacent to an activating group) is 1. The van der Waals surface area contributed by atoms with Gasteiger partial charge in [-0.25, -0.2) is 0 Å². The lowest BCUT2D eigenvalue weighted by Gasteiger charge is -2.14. The summed E-state index contributed by atoms with van der Waals surface area (Å²) in [5, 5.41) is 2.93. The normalized spacial score (nSPS) is 9.93. The average Bonchev–Trinajstić information content (AvgIpc) is 2.66. The lowest BCUT2D eigenvalue weighted by molar-refractivity contribution is -0.121. The molecule has 0 spiro atoms. The number of para-hydroxylation sites is 1. The van der Waals surface area contributed by atoms with Gasteiger partial charge >= 0.3 is 0 Å². The zero-order chi connectivity index (χ0) is 19.6. The quantitative estimate of drug-likeness (QED) is 0.550. The number of hydrogen-bond acceptors (Lipinski definition) is 5. The number of ether oxygens (including phenoxy) is 2. The summed E-state index contributed by atoms with van der Waals surface area (Å²) in [6, 6.07) is 13.3.